The van der Waals surface area contributed by atoms with Crippen LogP contribution in [0.25, 0.3) is 10.9 Å². The molecule has 0 fully saturated rings. The fourth-order valence-electron chi connectivity index (χ4n) is 2.47. The molecule has 0 saturated heterocycles. The molecule has 3 aromatic rings. The molecule has 2 aromatic carbocycles. The minimum absolute atomic E-state index is 0.00355. The highest BCUT2D eigenvalue weighted by molar-refractivity contribution is 8.00. The lowest BCUT2D eigenvalue weighted by molar-refractivity contribution is -0.113. The second kappa shape index (κ2) is 7.29. The topological polar surface area (TPSA) is 42.0 Å². The molecule has 3 nitrogen and oxygen atoms in total. The molecule has 1 N–H and O–H groups in total. The van der Waals surface area contributed by atoms with Gasteiger partial charge in [0.25, 0.3) is 0 Å². The maximum Gasteiger partial charge on any atom is 0.234 e. The number of fused-ring (bicyclic) bond motifs is 1. The van der Waals surface area contributed by atoms with Gasteiger partial charge in [0, 0.05) is 22.2 Å². The predicted molar refractivity (Wildman–Crippen MR) is 96.9 cm³/mol. The molecule has 0 saturated carbocycles. The number of thioether (sulfide) groups is 1. The van der Waals surface area contributed by atoms with Gasteiger partial charge in [0.2, 0.25) is 5.91 Å². The van der Waals surface area contributed by atoms with E-state index < -0.39 is 0 Å². The van der Waals surface area contributed by atoms with Gasteiger partial charge in [-0.05, 0) is 30.2 Å². The molecule has 116 valence electrons. The number of rotatable bonds is 5. The molecule has 4 heteroatoms. The average molecular weight is 322 g/mol. The molecule has 0 bridgehead atoms. The summed E-state index contributed by atoms with van der Waals surface area (Å²) in [6.45, 7) is 2.08. The van der Waals surface area contributed by atoms with Crippen LogP contribution in [0.3, 0.4) is 0 Å². The molecule has 0 spiro atoms. The van der Waals surface area contributed by atoms with Crippen LogP contribution in [0.5, 0.6) is 0 Å². The maximum absolute atomic E-state index is 12.2. The Bertz CT molecular complexity index is 827. The Morgan fingerprint density at radius 1 is 1.09 bits per heavy atom. The Kier molecular flexibility index (Phi) is 4.93. The Morgan fingerprint density at radius 2 is 1.91 bits per heavy atom. The van der Waals surface area contributed by atoms with Gasteiger partial charge in [-0.25, -0.2) is 0 Å². The molecule has 0 aliphatic carbocycles. The second-order valence-electron chi connectivity index (χ2n) is 5.18. The highest BCUT2D eigenvalue weighted by atomic mass is 32.2. The standard InChI is InChI=1S/C19H18N2OS/c1-2-14-7-3-4-10-16(14)21-18(22)13-23-17-11-5-8-15-9-6-12-20-19(15)17/h3-12H,2,13H2,1H3,(H,21,22). The van der Waals surface area contributed by atoms with Gasteiger partial charge >= 0.3 is 0 Å². The monoisotopic (exact) mass is 322 g/mol. The molecular formula is C19H18N2OS. The van der Waals surface area contributed by atoms with Gasteiger partial charge in [0.15, 0.2) is 0 Å². The number of aromatic nitrogens is 1. The van der Waals surface area contributed by atoms with Crippen LogP contribution in [-0.4, -0.2) is 16.6 Å². The van der Waals surface area contributed by atoms with E-state index in [1.165, 1.54) is 11.8 Å². The minimum Gasteiger partial charge on any atom is -0.325 e. The van der Waals surface area contributed by atoms with Gasteiger partial charge in [0.05, 0.1) is 11.3 Å². The van der Waals surface area contributed by atoms with Crippen LogP contribution < -0.4 is 5.32 Å². The lowest BCUT2D eigenvalue weighted by Crippen LogP contribution is -2.15. The fourth-order valence-corrected chi connectivity index (χ4v) is 3.31. The van der Waals surface area contributed by atoms with Gasteiger partial charge < -0.3 is 5.32 Å². The summed E-state index contributed by atoms with van der Waals surface area (Å²) in [5.74, 6) is 0.372. The molecule has 0 aliphatic rings. The molecule has 1 amide bonds. The molecule has 1 aromatic heterocycles. The summed E-state index contributed by atoms with van der Waals surface area (Å²) in [7, 11) is 0. The number of nitrogens with zero attached hydrogens (tertiary/aromatic N) is 1. The number of carbonyl (C=O) groups excluding carboxylic acids is 1. The number of para-hydroxylation sites is 2. The summed E-state index contributed by atoms with van der Waals surface area (Å²) < 4.78 is 0. The summed E-state index contributed by atoms with van der Waals surface area (Å²) in [6, 6.07) is 17.9. The van der Waals surface area contributed by atoms with Crippen molar-refractivity contribution < 1.29 is 4.79 Å². The smallest absolute Gasteiger partial charge is 0.234 e. The van der Waals surface area contributed by atoms with Gasteiger partial charge in [-0.2, -0.15) is 0 Å². The van der Waals surface area contributed by atoms with Crippen molar-refractivity contribution in [3.05, 3.63) is 66.4 Å². The number of pyridine rings is 1. The zero-order chi connectivity index (χ0) is 16.1. The van der Waals surface area contributed by atoms with Crippen molar-refractivity contribution in [1.29, 1.82) is 0 Å². The molecule has 23 heavy (non-hydrogen) atoms. The van der Waals surface area contributed by atoms with Crippen molar-refractivity contribution in [2.75, 3.05) is 11.1 Å². The van der Waals surface area contributed by atoms with Crippen molar-refractivity contribution >= 4 is 34.3 Å². The third-order valence-electron chi connectivity index (χ3n) is 3.63. The number of carbonyl (C=O) groups is 1. The van der Waals surface area contributed by atoms with Crippen molar-refractivity contribution in [3.63, 3.8) is 0 Å². The quantitative estimate of drug-likeness (QED) is 0.702. The third-order valence-corrected chi connectivity index (χ3v) is 4.67. The van der Waals surface area contributed by atoms with E-state index in [0.29, 0.717) is 5.75 Å². The molecule has 0 radical (unpaired) electrons. The summed E-state index contributed by atoms with van der Waals surface area (Å²) in [5.41, 5.74) is 3.00. The van der Waals surface area contributed by atoms with Crippen LogP contribution in [0.15, 0.2) is 65.7 Å². The van der Waals surface area contributed by atoms with E-state index in [4.69, 9.17) is 0 Å². The van der Waals surface area contributed by atoms with E-state index in [-0.39, 0.29) is 5.91 Å². The summed E-state index contributed by atoms with van der Waals surface area (Å²) >= 11 is 1.52. The SMILES string of the molecule is CCc1ccccc1NC(=O)CSc1cccc2cccnc12. The molecule has 1 heterocycles. The third kappa shape index (κ3) is 3.71. The van der Waals surface area contributed by atoms with Crippen molar-refractivity contribution in [2.24, 2.45) is 0 Å². The molecule has 0 unspecified atom stereocenters. The molecule has 0 aliphatic heterocycles. The van der Waals surface area contributed by atoms with Crippen LogP contribution in [-0.2, 0) is 11.2 Å². The van der Waals surface area contributed by atoms with Crippen LogP contribution in [0.2, 0.25) is 0 Å². The summed E-state index contributed by atoms with van der Waals surface area (Å²) in [4.78, 5) is 17.7. The Morgan fingerprint density at radius 3 is 2.78 bits per heavy atom. The van der Waals surface area contributed by atoms with E-state index in [0.717, 1.165) is 33.5 Å². The zero-order valence-electron chi connectivity index (χ0n) is 13.0. The van der Waals surface area contributed by atoms with E-state index >= 15 is 0 Å². The lowest BCUT2D eigenvalue weighted by atomic mass is 10.1. The van der Waals surface area contributed by atoms with Gasteiger partial charge in [-0.3, -0.25) is 9.78 Å². The number of benzene rings is 2. The number of amides is 1. The van der Waals surface area contributed by atoms with Gasteiger partial charge in [-0.1, -0.05) is 43.3 Å². The lowest BCUT2D eigenvalue weighted by Gasteiger charge is -2.10. The van der Waals surface area contributed by atoms with E-state index in [1.54, 1.807) is 6.20 Å². The number of anilines is 1. The molecule has 0 atom stereocenters. The van der Waals surface area contributed by atoms with Crippen molar-refractivity contribution in [3.8, 4) is 0 Å². The number of hydrogen-bond donors (Lipinski definition) is 1. The highest BCUT2D eigenvalue weighted by Gasteiger charge is 2.08. The fraction of sp³-hybridized carbons (Fsp3) is 0.158. The first-order valence-corrected chi connectivity index (χ1v) is 8.61. The Balaban J connectivity index is 1.69. The van der Waals surface area contributed by atoms with Crippen LogP contribution in [0.4, 0.5) is 5.69 Å². The van der Waals surface area contributed by atoms with E-state index in [2.05, 4.69) is 17.2 Å². The second-order valence-corrected chi connectivity index (χ2v) is 6.20. The first kappa shape index (κ1) is 15.6. The number of nitrogens with one attached hydrogen (secondary N) is 1. The average Bonchev–Trinajstić information content (AvgIpc) is 2.60. The van der Waals surface area contributed by atoms with Gasteiger partial charge in [0.1, 0.15) is 0 Å². The van der Waals surface area contributed by atoms with Crippen LogP contribution in [0.1, 0.15) is 12.5 Å². The van der Waals surface area contributed by atoms with Crippen LogP contribution >= 0.6 is 11.8 Å². The maximum atomic E-state index is 12.2. The first-order valence-electron chi connectivity index (χ1n) is 7.62. The minimum atomic E-state index is 0.00355. The van der Waals surface area contributed by atoms with Crippen LogP contribution in [0, 0.1) is 0 Å². The number of hydrogen-bond acceptors (Lipinski definition) is 3. The normalized spacial score (nSPS) is 10.7. The largest absolute Gasteiger partial charge is 0.325 e. The number of aryl methyl sites for hydroxylation is 1. The first-order chi connectivity index (χ1) is 11.3. The van der Waals surface area contributed by atoms with Crippen molar-refractivity contribution in [1.82, 2.24) is 4.98 Å². The summed E-state index contributed by atoms with van der Waals surface area (Å²) in [6.07, 6.45) is 2.68. The van der Waals surface area contributed by atoms with E-state index in [1.807, 2.05) is 54.6 Å². The summed E-state index contributed by atoms with van der Waals surface area (Å²) in [5, 5.41) is 4.09. The van der Waals surface area contributed by atoms with E-state index in [9.17, 15) is 4.79 Å². The zero-order valence-corrected chi connectivity index (χ0v) is 13.8. The van der Waals surface area contributed by atoms with Crippen molar-refractivity contribution in [2.45, 2.75) is 18.2 Å². The highest BCUT2D eigenvalue weighted by Crippen LogP contribution is 2.26. The van der Waals surface area contributed by atoms with Gasteiger partial charge in [-0.15, -0.1) is 11.8 Å². The molecular weight excluding hydrogens is 304 g/mol. The Labute approximate surface area is 140 Å². The Hall–Kier alpha value is -2.33. The molecule has 3 rings (SSSR count). The predicted octanol–water partition coefficient (Wildman–Crippen LogP) is 4.53.